The van der Waals surface area contributed by atoms with Gasteiger partial charge < -0.3 is 9.84 Å². The van der Waals surface area contributed by atoms with E-state index >= 15 is 0 Å². The van der Waals surface area contributed by atoms with Crippen molar-refractivity contribution in [1.29, 1.82) is 0 Å². The van der Waals surface area contributed by atoms with Gasteiger partial charge in [-0.3, -0.25) is 0 Å². The lowest BCUT2D eigenvalue weighted by atomic mass is 10.1. The number of hydrogen-bond donors (Lipinski definition) is 1. The monoisotopic (exact) mass is 464 g/mol. The predicted octanol–water partition coefficient (Wildman–Crippen LogP) is 6.47. The van der Waals surface area contributed by atoms with Gasteiger partial charge in [0, 0.05) is 18.9 Å². The van der Waals surface area contributed by atoms with Crippen LogP contribution < -0.4 is 4.74 Å². The minimum Gasteiger partial charge on any atom is -0.482 e. The standard InChI is InChI=1S/C21H21BrO3S2/c1-13-10-16(6-7-18(13)25-12-21(23)24)26-9-3-4-19-14(2)17-11-15(22)5-8-20(17)27-19/h5-8,10-11H,3-4,9,12H2,1-2H3,(H,23,24). The second-order valence-corrected chi connectivity index (χ2v) is 9.57. The minimum atomic E-state index is -0.961. The first-order valence-corrected chi connectivity index (χ1v) is 11.3. The van der Waals surface area contributed by atoms with E-state index in [1.54, 1.807) is 0 Å². The van der Waals surface area contributed by atoms with Crippen molar-refractivity contribution in [3.05, 3.63) is 56.9 Å². The fourth-order valence-corrected chi connectivity index (χ4v) is 5.46. The van der Waals surface area contributed by atoms with Crippen LogP contribution in [0.5, 0.6) is 5.75 Å². The van der Waals surface area contributed by atoms with E-state index in [1.165, 1.54) is 25.4 Å². The van der Waals surface area contributed by atoms with Crippen molar-refractivity contribution in [2.45, 2.75) is 31.6 Å². The number of carboxylic acids is 1. The van der Waals surface area contributed by atoms with Crippen molar-refractivity contribution in [2.75, 3.05) is 12.4 Å². The highest BCUT2D eigenvalue weighted by molar-refractivity contribution is 9.10. The van der Waals surface area contributed by atoms with Gasteiger partial charge in [0.05, 0.1) is 0 Å². The van der Waals surface area contributed by atoms with Gasteiger partial charge in [0.1, 0.15) is 5.75 Å². The van der Waals surface area contributed by atoms with Crippen LogP contribution in [0.3, 0.4) is 0 Å². The zero-order chi connectivity index (χ0) is 19.4. The van der Waals surface area contributed by atoms with Crippen LogP contribution in [0, 0.1) is 13.8 Å². The van der Waals surface area contributed by atoms with Crippen molar-refractivity contribution in [3.63, 3.8) is 0 Å². The lowest BCUT2D eigenvalue weighted by Gasteiger charge is -2.09. The molecule has 1 N–H and O–H groups in total. The van der Waals surface area contributed by atoms with Gasteiger partial charge >= 0.3 is 5.97 Å². The molecule has 3 nitrogen and oxygen atoms in total. The summed E-state index contributed by atoms with van der Waals surface area (Å²) in [5.74, 6) is 0.720. The lowest BCUT2D eigenvalue weighted by Crippen LogP contribution is -2.09. The third-order valence-electron chi connectivity index (χ3n) is 4.31. The number of halogens is 1. The molecule has 3 aromatic rings. The number of hydrogen-bond acceptors (Lipinski definition) is 4. The summed E-state index contributed by atoms with van der Waals surface area (Å²) in [5, 5.41) is 10.1. The summed E-state index contributed by atoms with van der Waals surface area (Å²) < 4.78 is 7.76. The van der Waals surface area contributed by atoms with Crippen LogP contribution in [-0.4, -0.2) is 23.4 Å². The second-order valence-electron chi connectivity index (χ2n) is 6.35. The summed E-state index contributed by atoms with van der Waals surface area (Å²) >= 11 is 7.28. The third kappa shape index (κ3) is 5.27. The molecule has 3 rings (SSSR count). The zero-order valence-electron chi connectivity index (χ0n) is 15.3. The van der Waals surface area contributed by atoms with Gasteiger partial charge in [-0.1, -0.05) is 15.9 Å². The highest BCUT2D eigenvalue weighted by Crippen LogP contribution is 2.34. The summed E-state index contributed by atoms with van der Waals surface area (Å²) in [7, 11) is 0. The molecule has 0 bridgehead atoms. The van der Waals surface area contributed by atoms with Crippen LogP contribution in [-0.2, 0) is 11.2 Å². The maximum absolute atomic E-state index is 10.6. The van der Waals surface area contributed by atoms with E-state index in [-0.39, 0.29) is 6.61 Å². The molecular weight excluding hydrogens is 444 g/mol. The summed E-state index contributed by atoms with van der Waals surface area (Å²) in [6.07, 6.45) is 2.21. The van der Waals surface area contributed by atoms with Gasteiger partial charge in [-0.2, -0.15) is 0 Å². The number of aryl methyl sites for hydroxylation is 3. The van der Waals surface area contributed by atoms with Gasteiger partial charge in [-0.05, 0) is 85.4 Å². The molecule has 0 spiro atoms. The number of carbonyl (C=O) groups is 1. The van der Waals surface area contributed by atoms with Crippen molar-refractivity contribution in [2.24, 2.45) is 0 Å². The molecular formula is C21H21BrO3S2. The topological polar surface area (TPSA) is 46.5 Å². The van der Waals surface area contributed by atoms with Crippen LogP contribution in [0.4, 0.5) is 0 Å². The smallest absolute Gasteiger partial charge is 0.341 e. The Labute approximate surface area is 175 Å². The van der Waals surface area contributed by atoms with Gasteiger partial charge in [0.25, 0.3) is 0 Å². The van der Waals surface area contributed by atoms with Crippen molar-refractivity contribution in [1.82, 2.24) is 0 Å². The summed E-state index contributed by atoms with van der Waals surface area (Å²) in [5.41, 5.74) is 2.37. The molecule has 142 valence electrons. The number of ether oxygens (including phenoxy) is 1. The quantitative estimate of drug-likeness (QED) is 0.306. The Morgan fingerprint density at radius 3 is 2.78 bits per heavy atom. The van der Waals surface area contributed by atoms with Crippen LogP contribution in [0.15, 0.2) is 45.8 Å². The van der Waals surface area contributed by atoms with E-state index in [9.17, 15) is 4.79 Å². The van der Waals surface area contributed by atoms with Crippen LogP contribution in [0.1, 0.15) is 22.4 Å². The van der Waals surface area contributed by atoms with Crippen LogP contribution >= 0.6 is 39.0 Å². The normalized spacial score (nSPS) is 11.1. The summed E-state index contributed by atoms with van der Waals surface area (Å²) in [6, 6.07) is 12.4. The number of thioether (sulfide) groups is 1. The Kier molecular flexibility index (Phi) is 6.84. The average Bonchev–Trinajstić information content (AvgIpc) is 2.93. The first-order valence-electron chi connectivity index (χ1n) is 8.69. The highest BCUT2D eigenvalue weighted by atomic mass is 79.9. The van der Waals surface area contributed by atoms with Gasteiger partial charge in [-0.25, -0.2) is 4.79 Å². The van der Waals surface area contributed by atoms with E-state index in [0.29, 0.717) is 5.75 Å². The van der Waals surface area contributed by atoms with Gasteiger partial charge in [0.15, 0.2) is 6.61 Å². The largest absolute Gasteiger partial charge is 0.482 e. The number of carboxylic acid groups (broad SMARTS) is 1. The number of thiophene rings is 1. The van der Waals surface area contributed by atoms with E-state index in [2.05, 4.69) is 47.1 Å². The average molecular weight is 465 g/mol. The van der Waals surface area contributed by atoms with E-state index in [1.807, 2.05) is 42.2 Å². The molecule has 0 atom stereocenters. The SMILES string of the molecule is Cc1cc(SCCCc2sc3ccc(Br)cc3c2C)ccc1OCC(=O)O. The third-order valence-corrected chi connectivity index (χ3v) is 7.22. The van der Waals surface area contributed by atoms with E-state index in [4.69, 9.17) is 9.84 Å². The Balaban J connectivity index is 1.54. The molecule has 0 aliphatic rings. The summed E-state index contributed by atoms with van der Waals surface area (Å²) in [6.45, 7) is 3.85. The lowest BCUT2D eigenvalue weighted by molar-refractivity contribution is -0.139. The van der Waals surface area contributed by atoms with Gasteiger partial charge in [0.2, 0.25) is 0 Å². The molecule has 2 aromatic carbocycles. The summed E-state index contributed by atoms with van der Waals surface area (Å²) in [4.78, 5) is 13.3. The molecule has 0 amide bonds. The van der Waals surface area contributed by atoms with E-state index < -0.39 is 5.97 Å². The maximum Gasteiger partial charge on any atom is 0.341 e. The maximum atomic E-state index is 10.6. The first-order chi connectivity index (χ1) is 12.9. The molecule has 0 radical (unpaired) electrons. The van der Waals surface area contributed by atoms with Crippen molar-refractivity contribution < 1.29 is 14.6 Å². The molecule has 27 heavy (non-hydrogen) atoms. The molecule has 0 aliphatic heterocycles. The predicted molar refractivity (Wildman–Crippen MR) is 118 cm³/mol. The van der Waals surface area contributed by atoms with Crippen molar-refractivity contribution >= 4 is 55.1 Å². The van der Waals surface area contributed by atoms with Gasteiger partial charge in [-0.15, -0.1) is 23.1 Å². The Hall–Kier alpha value is -1.50. The molecule has 0 saturated carbocycles. The number of benzene rings is 2. The Morgan fingerprint density at radius 1 is 1.22 bits per heavy atom. The number of rotatable bonds is 8. The molecule has 0 fully saturated rings. The molecule has 1 aromatic heterocycles. The number of fused-ring (bicyclic) bond motifs is 1. The second kappa shape index (κ2) is 9.13. The zero-order valence-corrected chi connectivity index (χ0v) is 18.5. The van der Waals surface area contributed by atoms with Crippen LogP contribution in [0.2, 0.25) is 0 Å². The fraction of sp³-hybridized carbons (Fsp3) is 0.286. The number of aliphatic carboxylic acids is 1. The molecule has 0 aliphatic carbocycles. The molecule has 6 heteroatoms. The first kappa shape index (κ1) is 20.2. The Morgan fingerprint density at radius 2 is 2.04 bits per heavy atom. The minimum absolute atomic E-state index is 0.307. The molecule has 0 unspecified atom stereocenters. The van der Waals surface area contributed by atoms with Crippen molar-refractivity contribution in [3.8, 4) is 5.75 Å². The highest BCUT2D eigenvalue weighted by Gasteiger charge is 2.09. The Bertz CT molecular complexity index is 965. The van der Waals surface area contributed by atoms with E-state index in [0.717, 1.165) is 28.6 Å². The molecule has 0 saturated heterocycles. The fourth-order valence-electron chi connectivity index (χ4n) is 2.92. The van der Waals surface area contributed by atoms with Crippen LogP contribution in [0.25, 0.3) is 10.1 Å². The molecule has 1 heterocycles.